The summed E-state index contributed by atoms with van der Waals surface area (Å²) in [6, 6.07) is 2.43. The Bertz CT molecular complexity index is 858. The van der Waals surface area contributed by atoms with Gasteiger partial charge in [0.05, 0.1) is 11.1 Å². The van der Waals surface area contributed by atoms with Crippen LogP contribution in [0.5, 0.6) is 0 Å². The van der Waals surface area contributed by atoms with Crippen LogP contribution in [0.4, 0.5) is 0 Å². The number of hydrogen-bond donors (Lipinski definition) is 1. The van der Waals surface area contributed by atoms with Crippen LogP contribution in [0, 0.1) is 0 Å². The lowest BCUT2D eigenvalue weighted by Gasteiger charge is -2.27. The van der Waals surface area contributed by atoms with Gasteiger partial charge in [0.25, 0.3) is 11.8 Å². The van der Waals surface area contributed by atoms with Crippen molar-refractivity contribution in [1.82, 2.24) is 14.8 Å². The first kappa shape index (κ1) is 13.7. The van der Waals surface area contributed by atoms with Gasteiger partial charge in [-0.2, -0.15) is 0 Å². The summed E-state index contributed by atoms with van der Waals surface area (Å²) in [7, 11) is 1.87. The smallest absolute Gasteiger partial charge is 0.262 e. The number of hydrogen-bond acceptors (Lipinski definition) is 4. The van der Waals surface area contributed by atoms with Crippen molar-refractivity contribution in [3.8, 4) is 0 Å². The number of nitrogens with zero attached hydrogens (tertiary/aromatic N) is 2. The minimum atomic E-state index is -0.925. The van der Waals surface area contributed by atoms with Gasteiger partial charge in [-0.05, 0) is 18.6 Å². The van der Waals surface area contributed by atoms with Crippen molar-refractivity contribution in [2.24, 2.45) is 7.05 Å². The third-order valence-corrected chi connectivity index (χ3v) is 4.33. The Hall–Kier alpha value is -2.96. The average Bonchev–Trinajstić information content (AvgIpc) is 2.96. The van der Waals surface area contributed by atoms with E-state index in [4.69, 9.17) is 0 Å². The molecule has 1 atom stereocenters. The largest absolute Gasteiger partial charge is 0.356 e. The molecule has 7 nitrogen and oxygen atoms in total. The van der Waals surface area contributed by atoms with Crippen molar-refractivity contribution in [3.63, 3.8) is 0 Å². The number of imide groups is 2. The van der Waals surface area contributed by atoms with E-state index in [0.717, 1.165) is 15.7 Å². The van der Waals surface area contributed by atoms with Gasteiger partial charge in [0.2, 0.25) is 11.8 Å². The first-order valence-corrected chi connectivity index (χ1v) is 7.27. The van der Waals surface area contributed by atoms with E-state index in [1.807, 2.05) is 24.0 Å². The van der Waals surface area contributed by atoms with Crippen molar-refractivity contribution in [2.45, 2.75) is 18.9 Å². The number of rotatable bonds is 1. The lowest BCUT2D eigenvalue weighted by Crippen LogP contribution is -2.54. The molecule has 4 rings (SSSR count). The van der Waals surface area contributed by atoms with Crippen molar-refractivity contribution in [1.29, 1.82) is 0 Å². The number of aryl methyl sites for hydroxylation is 1. The van der Waals surface area contributed by atoms with Crippen LogP contribution in [0.1, 0.15) is 33.6 Å². The van der Waals surface area contributed by atoms with Crippen LogP contribution >= 0.6 is 0 Å². The fourth-order valence-electron chi connectivity index (χ4n) is 3.25. The number of fused-ring (bicyclic) bond motifs is 2. The molecule has 2 aliphatic heterocycles. The van der Waals surface area contributed by atoms with Crippen LogP contribution in [0.3, 0.4) is 0 Å². The monoisotopic (exact) mass is 311 g/mol. The maximum Gasteiger partial charge on any atom is 0.262 e. The van der Waals surface area contributed by atoms with Crippen molar-refractivity contribution >= 4 is 34.4 Å². The normalized spacial score (nSPS) is 21.1. The van der Waals surface area contributed by atoms with Crippen LogP contribution in [0.15, 0.2) is 24.5 Å². The Labute approximate surface area is 130 Å². The molecular formula is C16H13N3O4. The highest BCUT2D eigenvalue weighted by Gasteiger charge is 2.44. The molecule has 1 aromatic carbocycles. The van der Waals surface area contributed by atoms with Gasteiger partial charge >= 0.3 is 0 Å². The molecule has 0 unspecified atom stereocenters. The number of aromatic nitrogens is 1. The topological polar surface area (TPSA) is 88.5 Å². The molecule has 1 aromatic heterocycles. The van der Waals surface area contributed by atoms with Crippen LogP contribution in [-0.4, -0.2) is 39.1 Å². The van der Waals surface area contributed by atoms with Crippen LogP contribution < -0.4 is 5.32 Å². The molecule has 0 bridgehead atoms. The quantitative estimate of drug-likeness (QED) is 0.780. The zero-order valence-corrected chi connectivity index (χ0v) is 12.3. The fraction of sp³-hybridized carbons (Fsp3) is 0.250. The van der Waals surface area contributed by atoms with Crippen molar-refractivity contribution in [3.05, 3.63) is 35.7 Å². The molecule has 0 spiro atoms. The fourth-order valence-corrected chi connectivity index (χ4v) is 3.25. The van der Waals surface area contributed by atoms with E-state index >= 15 is 0 Å². The summed E-state index contributed by atoms with van der Waals surface area (Å²) in [5, 5.41) is 3.90. The van der Waals surface area contributed by atoms with Gasteiger partial charge in [-0.1, -0.05) is 0 Å². The SMILES string of the molecule is Cn1cc2cc3c(cc2c1)C(=O)N([C@@H]1CCC(=O)NC1=O)C3=O. The molecule has 0 saturated carbocycles. The summed E-state index contributed by atoms with van der Waals surface area (Å²) in [6.45, 7) is 0. The van der Waals surface area contributed by atoms with Gasteiger partial charge in [-0.15, -0.1) is 0 Å². The molecule has 23 heavy (non-hydrogen) atoms. The third kappa shape index (κ3) is 1.89. The number of amides is 4. The van der Waals surface area contributed by atoms with Gasteiger partial charge < -0.3 is 4.57 Å². The summed E-state index contributed by atoms with van der Waals surface area (Å²) in [5.41, 5.74) is 0.608. The minimum Gasteiger partial charge on any atom is -0.356 e. The predicted octanol–water partition coefficient (Wildman–Crippen LogP) is 0.579. The van der Waals surface area contributed by atoms with Gasteiger partial charge in [0.1, 0.15) is 6.04 Å². The molecule has 1 saturated heterocycles. The Balaban J connectivity index is 1.77. The Morgan fingerprint density at radius 2 is 1.57 bits per heavy atom. The van der Waals surface area contributed by atoms with E-state index in [1.54, 1.807) is 12.1 Å². The lowest BCUT2D eigenvalue weighted by molar-refractivity contribution is -0.136. The number of carbonyl (C=O) groups is 4. The zero-order valence-electron chi connectivity index (χ0n) is 12.3. The highest BCUT2D eigenvalue weighted by Crippen LogP contribution is 2.31. The third-order valence-electron chi connectivity index (χ3n) is 4.33. The summed E-state index contributed by atoms with van der Waals surface area (Å²) >= 11 is 0. The molecule has 7 heteroatoms. The summed E-state index contributed by atoms with van der Waals surface area (Å²) in [5.74, 6) is -1.94. The van der Waals surface area contributed by atoms with Crippen molar-refractivity contribution < 1.29 is 19.2 Å². The summed E-state index contributed by atoms with van der Waals surface area (Å²) < 4.78 is 1.85. The van der Waals surface area contributed by atoms with Gasteiger partial charge in [0, 0.05) is 36.6 Å². The first-order valence-electron chi connectivity index (χ1n) is 7.27. The van der Waals surface area contributed by atoms with E-state index in [0.29, 0.717) is 11.1 Å². The molecule has 116 valence electrons. The molecule has 2 aliphatic rings. The van der Waals surface area contributed by atoms with Gasteiger partial charge in [-0.25, -0.2) is 0 Å². The molecule has 3 heterocycles. The number of piperidine rings is 1. The Kier molecular flexibility index (Phi) is 2.69. The number of nitrogens with one attached hydrogen (secondary N) is 1. The van der Waals surface area contributed by atoms with Crippen LogP contribution in [-0.2, 0) is 16.6 Å². The standard InChI is InChI=1S/C16H13N3O4/c1-18-6-8-4-10-11(5-9(8)7-18)16(23)19(15(10)22)12-2-3-13(20)17-14(12)21/h4-7,12H,2-3H2,1H3,(H,17,20,21)/t12-/m1/s1. The van der Waals surface area contributed by atoms with Crippen LogP contribution in [0.25, 0.3) is 10.8 Å². The lowest BCUT2D eigenvalue weighted by atomic mass is 10.0. The first-order chi connectivity index (χ1) is 11.0. The zero-order chi connectivity index (χ0) is 16.3. The van der Waals surface area contributed by atoms with Gasteiger partial charge in [0.15, 0.2) is 0 Å². The molecule has 2 aromatic rings. The number of benzene rings is 1. The molecule has 4 amide bonds. The molecule has 0 radical (unpaired) electrons. The second-order valence-corrected chi connectivity index (χ2v) is 5.90. The van der Waals surface area contributed by atoms with E-state index in [-0.39, 0.29) is 18.7 Å². The molecule has 1 N–H and O–H groups in total. The van der Waals surface area contributed by atoms with Crippen molar-refractivity contribution in [2.75, 3.05) is 0 Å². The maximum atomic E-state index is 12.6. The second-order valence-electron chi connectivity index (χ2n) is 5.90. The highest BCUT2D eigenvalue weighted by atomic mass is 16.2. The van der Waals surface area contributed by atoms with E-state index < -0.39 is 23.8 Å². The maximum absolute atomic E-state index is 12.6. The number of carbonyl (C=O) groups excluding carboxylic acids is 4. The Morgan fingerprint density at radius 3 is 2.09 bits per heavy atom. The highest BCUT2D eigenvalue weighted by molar-refractivity contribution is 6.25. The predicted molar refractivity (Wildman–Crippen MR) is 79.6 cm³/mol. The van der Waals surface area contributed by atoms with E-state index in [1.165, 1.54) is 0 Å². The van der Waals surface area contributed by atoms with E-state index in [9.17, 15) is 19.2 Å². The molecule has 1 fully saturated rings. The molecular weight excluding hydrogens is 298 g/mol. The van der Waals surface area contributed by atoms with Gasteiger partial charge in [-0.3, -0.25) is 29.4 Å². The van der Waals surface area contributed by atoms with E-state index in [2.05, 4.69) is 5.32 Å². The molecule has 0 aliphatic carbocycles. The minimum absolute atomic E-state index is 0.118. The summed E-state index contributed by atoms with van der Waals surface area (Å²) in [6.07, 6.45) is 4.01. The average molecular weight is 311 g/mol. The summed E-state index contributed by atoms with van der Waals surface area (Å²) in [4.78, 5) is 49.4. The van der Waals surface area contributed by atoms with Crippen LogP contribution in [0.2, 0.25) is 0 Å². The Morgan fingerprint density at radius 1 is 1.00 bits per heavy atom. The second kappa shape index (κ2) is 4.52.